The van der Waals surface area contributed by atoms with Gasteiger partial charge in [0, 0.05) is 40.0 Å². The summed E-state index contributed by atoms with van der Waals surface area (Å²) >= 11 is 0. The summed E-state index contributed by atoms with van der Waals surface area (Å²) in [6.07, 6.45) is 5.84. The topological polar surface area (TPSA) is 6.48 Å². The number of aryl methyl sites for hydroxylation is 1. The first-order valence-electron chi connectivity index (χ1n) is 28.2. The van der Waals surface area contributed by atoms with Crippen molar-refractivity contribution in [1.29, 1.82) is 0 Å². The second-order valence-electron chi connectivity index (χ2n) is 28.7. The number of fused-ring (bicyclic) bond motifs is 7. The molecule has 0 fully saturated rings. The van der Waals surface area contributed by atoms with E-state index in [0.29, 0.717) is 0 Å². The molecule has 0 spiro atoms. The van der Waals surface area contributed by atoms with E-state index in [9.17, 15) is 0 Å². The van der Waals surface area contributed by atoms with Gasteiger partial charge in [-0.25, -0.2) is 0 Å². The predicted octanol–water partition coefficient (Wildman–Crippen LogP) is 17.2. The van der Waals surface area contributed by atoms with Crippen LogP contribution in [0.25, 0.3) is 0 Å². The van der Waals surface area contributed by atoms with Gasteiger partial charge in [-0.1, -0.05) is 195 Å². The fourth-order valence-electron chi connectivity index (χ4n) is 15.2. The minimum absolute atomic E-state index is 0.00261. The summed E-state index contributed by atoms with van der Waals surface area (Å²) in [4.78, 5) is 5.50. The standard InChI is InChI=1S/C71H81BN2/c1-44-35-51-54(69(11,12)34-33-67(51,7)8)41-58(44)74-60-42-55-53(70(13,14)43-71(55,15)16)40-57(60)72-56-30-27-48(65(2,3)4)38-59(56)73(49-28-29-50-52(39-49)68(9,10)32-31-66(50,5)6)61-36-47(37-62(74)64(61)72)63(45-23-19-17-20-24-45)46-25-21-18-22-26-46/h17-30,35-42,63H,31-34,43H2,1-16H3. The van der Waals surface area contributed by atoms with Crippen LogP contribution >= 0.6 is 0 Å². The number of anilines is 6. The van der Waals surface area contributed by atoms with Crippen LogP contribution in [0.5, 0.6) is 0 Å². The number of nitrogens with zero attached hydrogens (tertiary/aromatic N) is 2. The summed E-state index contributed by atoms with van der Waals surface area (Å²) < 4.78 is 0. The van der Waals surface area contributed by atoms with Crippen LogP contribution < -0.4 is 26.2 Å². The normalized spacial score (nSPS) is 19.8. The molecule has 0 saturated heterocycles. The summed E-state index contributed by atoms with van der Waals surface area (Å²) in [5, 5.41) is 0. The quantitative estimate of drug-likeness (QED) is 0.125. The largest absolute Gasteiger partial charge is 0.311 e. The average molecular weight is 973 g/mol. The van der Waals surface area contributed by atoms with Gasteiger partial charge in [-0.05, 0) is 197 Å². The van der Waals surface area contributed by atoms with Gasteiger partial charge in [0.2, 0.25) is 0 Å². The van der Waals surface area contributed by atoms with E-state index in [1.165, 1.54) is 137 Å². The van der Waals surface area contributed by atoms with Crippen molar-refractivity contribution in [2.75, 3.05) is 9.80 Å². The Morgan fingerprint density at radius 3 is 1.45 bits per heavy atom. The molecule has 7 aromatic rings. The van der Waals surface area contributed by atoms with E-state index >= 15 is 0 Å². The van der Waals surface area contributed by atoms with Gasteiger partial charge in [-0.15, -0.1) is 0 Å². The molecule has 74 heavy (non-hydrogen) atoms. The molecule has 0 atom stereocenters. The molecule has 3 aliphatic carbocycles. The van der Waals surface area contributed by atoms with Gasteiger partial charge < -0.3 is 9.80 Å². The van der Waals surface area contributed by atoms with Crippen molar-refractivity contribution in [3.05, 3.63) is 195 Å². The van der Waals surface area contributed by atoms with E-state index in [1.807, 2.05) is 0 Å². The summed E-state index contributed by atoms with van der Waals surface area (Å²) in [7, 11) is 0. The highest BCUT2D eigenvalue weighted by molar-refractivity contribution is 7.00. The van der Waals surface area contributed by atoms with Crippen LogP contribution in [0.2, 0.25) is 0 Å². The molecular weight excluding hydrogens is 892 g/mol. The van der Waals surface area contributed by atoms with E-state index in [-0.39, 0.29) is 50.5 Å². The second kappa shape index (κ2) is 16.1. The number of benzene rings is 7. The summed E-state index contributed by atoms with van der Waals surface area (Å²) in [6.45, 7) is 39.3. The first kappa shape index (κ1) is 49.1. The lowest BCUT2D eigenvalue weighted by molar-refractivity contribution is 0.332. The SMILES string of the molecule is Cc1cc2c(cc1N1c3cc4c(cc3B3c5ccc(C(C)(C)C)cc5N(c5ccc6c(c5)C(C)(C)CCC6(C)C)c5cc(C(c6ccccc6)c6ccccc6)cc1c53)C(C)(C)CC4(C)C)C(C)(C)CCC2(C)C. The van der Waals surface area contributed by atoms with E-state index in [0.717, 1.165) is 6.42 Å². The van der Waals surface area contributed by atoms with E-state index in [2.05, 4.69) is 254 Å². The number of hydrogen-bond acceptors (Lipinski definition) is 2. The Labute approximate surface area is 446 Å². The lowest BCUT2D eigenvalue weighted by Gasteiger charge is -2.47. The maximum atomic E-state index is 2.78. The molecule has 0 radical (unpaired) electrons. The highest BCUT2D eigenvalue weighted by Crippen LogP contribution is 2.56. The molecular formula is C71H81BN2. The summed E-state index contributed by atoms with van der Waals surface area (Å²) in [5.41, 5.74) is 27.9. The molecule has 0 amide bonds. The van der Waals surface area contributed by atoms with Crippen LogP contribution in [0.3, 0.4) is 0 Å². The van der Waals surface area contributed by atoms with Crippen molar-refractivity contribution < 1.29 is 0 Å². The van der Waals surface area contributed by atoms with Gasteiger partial charge in [0.15, 0.2) is 0 Å². The average Bonchev–Trinajstić information content (AvgIpc) is 3.52. The summed E-state index contributed by atoms with van der Waals surface area (Å²) in [6, 6.07) is 53.7. The van der Waals surface area contributed by atoms with E-state index in [4.69, 9.17) is 0 Å². The van der Waals surface area contributed by atoms with Crippen LogP contribution in [-0.4, -0.2) is 6.71 Å². The molecule has 0 saturated carbocycles. The van der Waals surface area contributed by atoms with Crippen molar-refractivity contribution in [3.63, 3.8) is 0 Å². The maximum absolute atomic E-state index is 2.78. The zero-order valence-corrected chi connectivity index (χ0v) is 47.8. The molecule has 0 aromatic heterocycles. The zero-order chi connectivity index (χ0) is 52.4. The lowest BCUT2D eigenvalue weighted by atomic mass is 9.33. The van der Waals surface area contributed by atoms with Gasteiger partial charge in [-0.3, -0.25) is 0 Å². The smallest absolute Gasteiger partial charge is 0.252 e. The predicted molar refractivity (Wildman–Crippen MR) is 319 cm³/mol. The molecule has 0 unspecified atom stereocenters. The van der Waals surface area contributed by atoms with Crippen molar-refractivity contribution >= 4 is 57.2 Å². The first-order valence-corrected chi connectivity index (χ1v) is 28.2. The molecule has 2 nitrogen and oxygen atoms in total. The number of rotatable bonds is 5. The molecule has 7 aromatic carbocycles. The molecule has 5 aliphatic rings. The fraction of sp³-hybridized carbons (Fsp3) is 0.408. The minimum atomic E-state index is -0.0500. The molecule has 378 valence electrons. The Morgan fingerprint density at radius 1 is 0.405 bits per heavy atom. The fourth-order valence-corrected chi connectivity index (χ4v) is 15.2. The second-order valence-corrected chi connectivity index (χ2v) is 28.7. The minimum Gasteiger partial charge on any atom is -0.311 e. The highest BCUT2D eigenvalue weighted by Gasteiger charge is 2.50. The maximum Gasteiger partial charge on any atom is 0.252 e. The number of hydrogen-bond donors (Lipinski definition) is 0. The molecule has 0 bridgehead atoms. The third-order valence-corrected chi connectivity index (χ3v) is 19.5. The molecule has 2 aliphatic heterocycles. The van der Waals surface area contributed by atoms with Gasteiger partial charge in [0.25, 0.3) is 6.71 Å². The Balaban J connectivity index is 1.26. The van der Waals surface area contributed by atoms with E-state index < -0.39 is 0 Å². The highest BCUT2D eigenvalue weighted by atomic mass is 15.2. The molecule has 3 heteroatoms. The molecule has 2 heterocycles. The Kier molecular flexibility index (Phi) is 10.7. The van der Waals surface area contributed by atoms with Gasteiger partial charge in [0.05, 0.1) is 0 Å². The van der Waals surface area contributed by atoms with Crippen molar-refractivity contribution in [2.24, 2.45) is 0 Å². The van der Waals surface area contributed by atoms with Gasteiger partial charge in [0.1, 0.15) is 0 Å². The third-order valence-electron chi connectivity index (χ3n) is 19.5. The van der Waals surface area contributed by atoms with Crippen molar-refractivity contribution in [3.8, 4) is 0 Å². The van der Waals surface area contributed by atoms with Crippen LogP contribution in [-0.2, 0) is 37.9 Å². The van der Waals surface area contributed by atoms with Crippen molar-refractivity contribution in [1.82, 2.24) is 0 Å². The van der Waals surface area contributed by atoms with Crippen LogP contribution in [0.1, 0.15) is 203 Å². The van der Waals surface area contributed by atoms with E-state index in [1.54, 1.807) is 0 Å². The Hall–Kier alpha value is -5.80. The first-order chi connectivity index (χ1) is 34.7. The molecule has 12 rings (SSSR count). The molecule has 0 N–H and O–H groups in total. The van der Waals surface area contributed by atoms with Crippen LogP contribution in [0.15, 0.2) is 133 Å². The zero-order valence-electron chi connectivity index (χ0n) is 47.8. The lowest BCUT2D eigenvalue weighted by Crippen LogP contribution is -2.61. The van der Waals surface area contributed by atoms with Gasteiger partial charge >= 0.3 is 0 Å². The third kappa shape index (κ3) is 7.46. The van der Waals surface area contributed by atoms with Gasteiger partial charge in [-0.2, -0.15) is 0 Å². The van der Waals surface area contributed by atoms with Crippen LogP contribution in [0, 0.1) is 6.92 Å². The summed E-state index contributed by atoms with van der Waals surface area (Å²) in [5.74, 6) is -0.00261. The monoisotopic (exact) mass is 973 g/mol. The Morgan fingerprint density at radius 2 is 0.878 bits per heavy atom. The Bertz CT molecular complexity index is 3390. The van der Waals surface area contributed by atoms with Crippen molar-refractivity contribution in [2.45, 2.75) is 187 Å². The van der Waals surface area contributed by atoms with Crippen LogP contribution in [0.4, 0.5) is 34.1 Å².